The van der Waals surface area contributed by atoms with Crippen molar-refractivity contribution in [3.05, 3.63) is 47.8 Å². The normalized spacial score (nSPS) is 20.1. The Morgan fingerprint density at radius 3 is 2.68 bits per heavy atom. The topological polar surface area (TPSA) is 100 Å². The molecule has 196 valence electrons. The molecule has 2 aliphatic rings. The van der Waals surface area contributed by atoms with E-state index in [0.717, 1.165) is 34.3 Å². The SMILES string of the molecule is CCc1cc(C2=CCN(S(C)(=O)=O)CC2)ccc1N(C)c1cc2c(ncn2C)c(NC(=O)[C@H]2C[C@H]2F)n1. The van der Waals surface area contributed by atoms with Crippen LogP contribution < -0.4 is 10.2 Å². The van der Waals surface area contributed by atoms with E-state index < -0.39 is 22.1 Å². The van der Waals surface area contributed by atoms with Crippen molar-refractivity contribution in [3.8, 4) is 0 Å². The molecule has 1 aliphatic heterocycles. The number of amides is 1. The summed E-state index contributed by atoms with van der Waals surface area (Å²) < 4.78 is 40.5. The molecule has 0 bridgehead atoms. The molecule has 11 heteroatoms. The molecule has 1 fully saturated rings. The summed E-state index contributed by atoms with van der Waals surface area (Å²) in [6, 6.07) is 8.16. The van der Waals surface area contributed by atoms with Crippen LogP contribution in [0.3, 0.4) is 0 Å². The third-order valence-corrected chi connectivity index (χ3v) is 8.44. The summed E-state index contributed by atoms with van der Waals surface area (Å²) in [5.41, 5.74) is 5.66. The monoisotopic (exact) mass is 526 g/mol. The van der Waals surface area contributed by atoms with Gasteiger partial charge in [-0.2, -0.15) is 4.31 Å². The first kappa shape index (κ1) is 25.3. The highest BCUT2D eigenvalue weighted by molar-refractivity contribution is 7.88. The molecule has 0 unspecified atom stereocenters. The zero-order valence-electron chi connectivity index (χ0n) is 21.4. The standard InChI is InChI=1S/C26H31FN6O3S/c1-5-16-12-18(17-8-10-33(11-9-17)37(4,35)36)6-7-21(16)32(3)23-14-22-24(28-15-31(22)2)25(29-23)30-26(34)19-13-20(19)27/h6-8,12,14-15,19-20H,5,9-11,13H2,1-4H3,(H,29,30,34)/t19-,20+/m0/s1. The summed E-state index contributed by atoms with van der Waals surface area (Å²) in [7, 11) is 0.598. The average Bonchev–Trinajstić information content (AvgIpc) is 3.51. The molecule has 0 spiro atoms. The lowest BCUT2D eigenvalue weighted by Gasteiger charge is -2.26. The predicted molar refractivity (Wildman–Crippen MR) is 143 cm³/mol. The van der Waals surface area contributed by atoms with Crippen LogP contribution in [0.1, 0.15) is 30.9 Å². The number of anilines is 3. The van der Waals surface area contributed by atoms with Gasteiger partial charge >= 0.3 is 0 Å². The number of aryl methyl sites for hydroxylation is 2. The van der Waals surface area contributed by atoms with Crippen molar-refractivity contribution in [2.45, 2.75) is 32.4 Å². The number of benzene rings is 1. The minimum Gasteiger partial charge on any atom is -0.334 e. The number of nitrogens with one attached hydrogen (secondary N) is 1. The molecule has 9 nitrogen and oxygen atoms in total. The molecular weight excluding hydrogens is 495 g/mol. The van der Waals surface area contributed by atoms with E-state index in [2.05, 4.69) is 23.3 Å². The second-order valence-electron chi connectivity index (χ2n) is 9.76. The molecule has 5 rings (SSSR count). The van der Waals surface area contributed by atoms with Gasteiger partial charge in [-0.15, -0.1) is 0 Å². The molecular formula is C26H31FN6O3S. The number of nitrogens with zero attached hydrogens (tertiary/aromatic N) is 5. The Bertz CT molecular complexity index is 1520. The van der Waals surface area contributed by atoms with Crippen molar-refractivity contribution in [3.63, 3.8) is 0 Å². The number of imidazole rings is 1. The van der Waals surface area contributed by atoms with Gasteiger partial charge in [0, 0.05) is 38.9 Å². The molecule has 1 aliphatic carbocycles. The lowest BCUT2D eigenvalue weighted by Crippen LogP contribution is -2.33. The summed E-state index contributed by atoms with van der Waals surface area (Å²) in [5.74, 6) is -0.0519. The van der Waals surface area contributed by atoms with Crippen LogP contribution in [0, 0.1) is 5.92 Å². The maximum atomic E-state index is 13.5. The van der Waals surface area contributed by atoms with Gasteiger partial charge < -0.3 is 14.8 Å². The van der Waals surface area contributed by atoms with E-state index in [1.54, 1.807) is 6.33 Å². The highest BCUT2D eigenvalue weighted by Gasteiger charge is 2.44. The molecule has 2 aromatic heterocycles. The van der Waals surface area contributed by atoms with Crippen molar-refractivity contribution in [2.24, 2.45) is 13.0 Å². The van der Waals surface area contributed by atoms with Crippen molar-refractivity contribution in [1.29, 1.82) is 0 Å². The molecule has 1 saturated carbocycles. The molecule has 3 heterocycles. The number of sulfonamides is 1. The lowest BCUT2D eigenvalue weighted by atomic mass is 9.96. The number of carbonyl (C=O) groups excluding carboxylic acids is 1. The van der Waals surface area contributed by atoms with Crippen LogP contribution in [0.2, 0.25) is 0 Å². The highest BCUT2D eigenvalue weighted by Crippen LogP contribution is 2.37. The first-order valence-electron chi connectivity index (χ1n) is 12.3. The molecule has 37 heavy (non-hydrogen) atoms. The third-order valence-electron chi connectivity index (χ3n) is 7.17. The number of hydrogen-bond acceptors (Lipinski definition) is 6. The Morgan fingerprint density at radius 2 is 2.05 bits per heavy atom. The van der Waals surface area contributed by atoms with E-state index in [9.17, 15) is 17.6 Å². The third kappa shape index (κ3) is 4.97. The molecule has 0 radical (unpaired) electrons. The van der Waals surface area contributed by atoms with E-state index in [1.807, 2.05) is 47.8 Å². The van der Waals surface area contributed by atoms with Crippen molar-refractivity contribution < 1.29 is 17.6 Å². The number of halogens is 1. The summed E-state index contributed by atoms with van der Waals surface area (Å²) in [6.07, 6.45) is 5.48. The van der Waals surface area contributed by atoms with E-state index in [-0.39, 0.29) is 12.3 Å². The molecule has 0 saturated heterocycles. The van der Waals surface area contributed by atoms with Crippen molar-refractivity contribution in [2.75, 3.05) is 36.6 Å². The van der Waals surface area contributed by atoms with Crippen molar-refractivity contribution >= 4 is 49.9 Å². The van der Waals surface area contributed by atoms with E-state index in [1.165, 1.54) is 10.6 Å². The maximum absolute atomic E-state index is 13.5. The fraction of sp³-hybridized carbons (Fsp3) is 0.423. The van der Waals surface area contributed by atoms with Crippen LogP contribution in [-0.2, 0) is 28.3 Å². The highest BCUT2D eigenvalue weighted by atomic mass is 32.2. The van der Waals surface area contributed by atoms with Gasteiger partial charge in [0.1, 0.15) is 17.5 Å². The Labute approximate surface area is 216 Å². The number of rotatable bonds is 7. The summed E-state index contributed by atoms with van der Waals surface area (Å²) in [4.78, 5) is 23.5. The van der Waals surface area contributed by atoms with Gasteiger partial charge in [0.2, 0.25) is 15.9 Å². The van der Waals surface area contributed by atoms with E-state index in [4.69, 9.17) is 4.98 Å². The summed E-state index contributed by atoms with van der Waals surface area (Å²) in [6.45, 7) is 2.94. The minimum atomic E-state index is -3.20. The van der Waals surface area contributed by atoms with Crippen LogP contribution in [0.4, 0.5) is 21.7 Å². The minimum absolute atomic E-state index is 0.242. The predicted octanol–water partition coefficient (Wildman–Crippen LogP) is 3.64. The zero-order valence-corrected chi connectivity index (χ0v) is 22.2. The molecule has 1 aromatic carbocycles. The van der Waals surface area contributed by atoms with E-state index >= 15 is 0 Å². The fourth-order valence-corrected chi connectivity index (χ4v) is 5.52. The van der Waals surface area contributed by atoms with Crippen LogP contribution in [0.5, 0.6) is 0 Å². The van der Waals surface area contributed by atoms with Gasteiger partial charge in [-0.05, 0) is 48.1 Å². The molecule has 3 aromatic rings. The number of fused-ring (bicyclic) bond motifs is 1. The fourth-order valence-electron chi connectivity index (χ4n) is 4.75. The average molecular weight is 527 g/mol. The quantitative estimate of drug-likeness (QED) is 0.505. The Kier molecular flexibility index (Phi) is 6.53. The number of alkyl halides is 1. The largest absolute Gasteiger partial charge is 0.334 e. The van der Waals surface area contributed by atoms with Gasteiger partial charge in [0.05, 0.1) is 24.0 Å². The molecule has 2 atom stereocenters. The second-order valence-corrected chi connectivity index (χ2v) is 11.7. The van der Waals surface area contributed by atoms with Crippen LogP contribution in [0.15, 0.2) is 36.7 Å². The number of carbonyl (C=O) groups is 1. The first-order chi connectivity index (χ1) is 17.6. The maximum Gasteiger partial charge on any atom is 0.231 e. The van der Waals surface area contributed by atoms with Crippen LogP contribution in [-0.4, -0.2) is 65.7 Å². The summed E-state index contributed by atoms with van der Waals surface area (Å²) >= 11 is 0. The van der Waals surface area contributed by atoms with Gasteiger partial charge in [0.25, 0.3) is 0 Å². The number of hydrogen-bond donors (Lipinski definition) is 1. The van der Waals surface area contributed by atoms with Crippen molar-refractivity contribution in [1.82, 2.24) is 18.8 Å². The number of aromatic nitrogens is 3. The first-order valence-corrected chi connectivity index (χ1v) is 14.2. The molecule has 1 N–H and O–H groups in total. The van der Waals surface area contributed by atoms with Crippen LogP contribution in [0.25, 0.3) is 16.6 Å². The van der Waals surface area contributed by atoms with Gasteiger partial charge in [0.15, 0.2) is 5.82 Å². The van der Waals surface area contributed by atoms with Gasteiger partial charge in [-0.1, -0.05) is 19.1 Å². The second kappa shape index (κ2) is 9.53. The Hall–Kier alpha value is -3.31. The Morgan fingerprint density at radius 1 is 1.30 bits per heavy atom. The van der Waals surface area contributed by atoms with Gasteiger partial charge in [-0.25, -0.2) is 22.8 Å². The number of pyridine rings is 1. The lowest BCUT2D eigenvalue weighted by molar-refractivity contribution is -0.117. The summed E-state index contributed by atoms with van der Waals surface area (Å²) in [5, 5.41) is 2.79. The van der Waals surface area contributed by atoms with E-state index in [0.29, 0.717) is 36.7 Å². The Balaban J connectivity index is 1.46. The van der Waals surface area contributed by atoms with Gasteiger partial charge in [-0.3, -0.25) is 4.79 Å². The molecule has 1 amide bonds. The van der Waals surface area contributed by atoms with Crippen LogP contribution >= 0.6 is 0 Å². The zero-order chi connectivity index (χ0) is 26.5. The smallest absolute Gasteiger partial charge is 0.231 e.